The Bertz CT molecular complexity index is 1370. The smallest absolute Gasteiger partial charge is 0.275 e. The number of hydrogen-bond acceptors (Lipinski definition) is 8. The molecule has 7 nitrogen and oxygen atoms in total. The van der Waals surface area contributed by atoms with E-state index in [2.05, 4.69) is 10.4 Å². The lowest BCUT2D eigenvalue weighted by Gasteiger charge is -2.17. The Kier molecular flexibility index (Phi) is 5.96. The van der Waals surface area contributed by atoms with Crippen LogP contribution in [0.4, 0.5) is 5.82 Å². The Hall–Kier alpha value is -3.27. The van der Waals surface area contributed by atoms with Crippen LogP contribution in [0.3, 0.4) is 0 Å². The number of aromatic hydroxyl groups is 1. The summed E-state index contributed by atoms with van der Waals surface area (Å²) in [6, 6.07) is 12.9. The lowest BCUT2D eigenvalue weighted by atomic mass is 10.1. The van der Waals surface area contributed by atoms with Gasteiger partial charge in [0, 0.05) is 22.9 Å². The summed E-state index contributed by atoms with van der Waals surface area (Å²) >= 11 is 3.03. The van der Waals surface area contributed by atoms with E-state index >= 15 is 0 Å². The second-order valence-electron chi connectivity index (χ2n) is 7.07. The lowest BCUT2D eigenvalue weighted by Crippen LogP contribution is -2.36. The minimum absolute atomic E-state index is 0. The summed E-state index contributed by atoms with van der Waals surface area (Å²) in [6.45, 7) is 1.60. The van der Waals surface area contributed by atoms with E-state index < -0.39 is 11.8 Å². The van der Waals surface area contributed by atoms with E-state index in [-0.39, 0.29) is 18.2 Å². The van der Waals surface area contributed by atoms with Crippen LogP contribution in [0.2, 0.25) is 0 Å². The summed E-state index contributed by atoms with van der Waals surface area (Å²) in [5, 5.41) is 13.4. The van der Waals surface area contributed by atoms with Gasteiger partial charge in [0.25, 0.3) is 11.8 Å². The first kappa shape index (κ1) is 21.9. The first-order valence-corrected chi connectivity index (χ1v) is 11.1. The minimum atomic E-state index is -0.429. The monoisotopic (exact) mass is 484 g/mol. The number of nitrogens with one attached hydrogen (secondary N) is 1. The highest BCUT2D eigenvalue weighted by atomic mass is 35.5. The molecule has 4 aromatic rings. The van der Waals surface area contributed by atoms with Gasteiger partial charge in [0.05, 0.1) is 10.3 Å². The normalized spacial score (nSPS) is 13.4. The molecule has 0 saturated heterocycles. The molecule has 0 radical (unpaired) electrons. The standard InChI is InChI=1S/C22H16N4O3S2.ClH/c1-12-8-18(28)26(22(12)29)25-19-16-11-15(10-13-4-2-5-14(27)9-13)31-21(16)24-20(23-19)17-6-3-7-30-17;/h2-9,11,27H,10H2,1H3,(H,23,24,25);1H. The zero-order valence-corrected chi connectivity index (χ0v) is 19.2. The van der Waals surface area contributed by atoms with Crippen molar-refractivity contribution in [1.82, 2.24) is 15.0 Å². The average Bonchev–Trinajstić information content (AvgIpc) is 3.45. The van der Waals surface area contributed by atoms with Gasteiger partial charge in [-0.2, -0.15) is 5.01 Å². The number of carbonyl (C=O) groups excluding carboxylic acids is 2. The number of halogens is 1. The number of imide groups is 1. The molecule has 1 aliphatic rings. The van der Waals surface area contributed by atoms with Gasteiger partial charge in [-0.05, 0) is 42.1 Å². The number of phenols is 1. The fourth-order valence-corrected chi connectivity index (χ4v) is 5.05. The summed E-state index contributed by atoms with van der Waals surface area (Å²) in [5.41, 5.74) is 4.25. The molecule has 0 bridgehead atoms. The number of hydrogen-bond donors (Lipinski definition) is 2. The van der Waals surface area contributed by atoms with Crippen LogP contribution < -0.4 is 5.43 Å². The van der Waals surface area contributed by atoms with E-state index in [4.69, 9.17) is 4.98 Å². The van der Waals surface area contributed by atoms with Crippen LogP contribution in [0.15, 0.2) is 59.5 Å². The molecule has 1 aromatic carbocycles. The molecule has 5 rings (SSSR count). The predicted molar refractivity (Wildman–Crippen MR) is 128 cm³/mol. The summed E-state index contributed by atoms with van der Waals surface area (Å²) in [4.78, 5) is 36.6. The molecule has 1 aliphatic heterocycles. The molecule has 162 valence electrons. The van der Waals surface area contributed by atoms with Crippen LogP contribution >= 0.6 is 35.1 Å². The molecule has 0 saturated carbocycles. The van der Waals surface area contributed by atoms with Crippen LogP contribution in [0.5, 0.6) is 5.75 Å². The number of aromatic nitrogens is 2. The third-order valence-corrected chi connectivity index (χ3v) is 6.69. The van der Waals surface area contributed by atoms with Gasteiger partial charge in [0.1, 0.15) is 10.6 Å². The molecule has 0 fully saturated rings. The van der Waals surface area contributed by atoms with Crippen molar-refractivity contribution in [3.05, 3.63) is 69.9 Å². The third-order valence-electron chi connectivity index (χ3n) is 4.79. The van der Waals surface area contributed by atoms with Crippen molar-refractivity contribution in [2.45, 2.75) is 13.3 Å². The molecule has 0 aliphatic carbocycles. The molecule has 32 heavy (non-hydrogen) atoms. The van der Waals surface area contributed by atoms with Gasteiger partial charge in [0.15, 0.2) is 11.6 Å². The fourth-order valence-electron chi connectivity index (χ4n) is 3.33. The van der Waals surface area contributed by atoms with Crippen molar-refractivity contribution in [3.8, 4) is 16.5 Å². The number of anilines is 1. The van der Waals surface area contributed by atoms with Crippen LogP contribution in [-0.4, -0.2) is 31.9 Å². The highest BCUT2D eigenvalue weighted by Crippen LogP contribution is 2.34. The molecule has 4 heterocycles. The molecule has 0 unspecified atom stereocenters. The van der Waals surface area contributed by atoms with Gasteiger partial charge < -0.3 is 5.11 Å². The Morgan fingerprint density at radius 2 is 1.97 bits per heavy atom. The number of nitrogens with zero attached hydrogens (tertiary/aromatic N) is 3. The van der Waals surface area contributed by atoms with Crippen molar-refractivity contribution < 1.29 is 14.7 Å². The maximum absolute atomic E-state index is 12.4. The van der Waals surface area contributed by atoms with Gasteiger partial charge in [-0.1, -0.05) is 18.2 Å². The van der Waals surface area contributed by atoms with E-state index in [0.717, 1.165) is 30.5 Å². The number of thiophene rings is 2. The first-order valence-electron chi connectivity index (χ1n) is 9.43. The summed E-state index contributed by atoms with van der Waals surface area (Å²) in [7, 11) is 0. The lowest BCUT2D eigenvalue weighted by molar-refractivity contribution is -0.135. The topological polar surface area (TPSA) is 95.4 Å². The number of amides is 2. The number of hydrazine groups is 1. The van der Waals surface area contributed by atoms with Crippen LogP contribution in [0, 0.1) is 0 Å². The van der Waals surface area contributed by atoms with Crippen LogP contribution in [0.1, 0.15) is 17.4 Å². The van der Waals surface area contributed by atoms with E-state index in [1.165, 1.54) is 28.7 Å². The molecule has 3 aromatic heterocycles. The van der Waals surface area contributed by atoms with E-state index in [9.17, 15) is 14.7 Å². The van der Waals surface area contributed by atoms with Crippen molar-refractivity contribution >= 4 is 62.9 Å². The van der Waals surface area contributed by atoms with Crippen molar-refractivity contribution in [2.24, 2.45) is 0 Å². The maximum Gasteiger partial charge on any atom is 0.275 e. The van der Waals surface area contributed by atoms with Crippen molar-refractivity contribution in [2.75, 3.05) is 5.43 Å². The second-order valence-corrected chi connectivity index (χ2v) is 9.13. The van der Waals surface area contributed by atoms with Crippen molar-refractivity contribution in [3.63, 3.8) is 0 Å². The SMILES string of the molecule is CC1=CC(=O)N(Nc2nc(-c3cccs3)nc3sc(Cc4cccc(O)c4)cc23)C1=O.Cl. The zero-order chi connectivity index (χ0) is 21.5. The van der Waals surface area contributed by atoms with E-state index in [1.807, 2.05) is 29.6 Å². The predicted octanol–water partition coefficient (Wildman–Crippen LogP) is 4.78. The number of phenolic OH excluding ortho intramolecular Hbond substituents is 1. The third kappa shape index (κ3) is 4.10. The van der Waals surface area contributed by atoms with E-state index in [1.54, 1.807) is 25.1 Å². The van der Waals surface area contributed by atoms with Gasteiger partial charge in [-0.25, -0.2) is 9.97 Å². The minimum Gasteiger partial charge on any atom is -0.508 e. The summed E-state index contributed by atoms with van der Waals surface area (Å²) in [6.07, 6.45) is 1.92. The van der Waals surface area contributed by atoms with Gasteiger partial charge in [0.2, 0.25) is 0 Å². The van der Waals surface area contributed by atoms with Crippen molar-refractivity contribution in [1.29, 1.82) is 0 Å². The molecule has 2 amide bonds. The average molecular weight is 485 g/mol. The Morgan fingerprint density at radius 1 is 1.12 bits per heavy atom. The van der Waals surface area contributed by atoms with E-state index in [0.29, 0.717) is 23.6 Å². The number of carbonyl (C=O) groups is 2. The molecule has 0 atom stereocenters. The van der Waals surface area contributed by atoms with Gasteiger partial charge in [-0.15, -0.1) is 35.1 Å². The number of rotatable bonds is 5. The molecule has 10 heteroatoms. The fraction of sp³-hybridized carbons (Fsp3) is 0.0909. The second kappa shape index (κ2) is 8.70. The Balaban J connectivity index is 0.00000245. The van der Waals surface area contributed by atoms with Crippen LogP contribution in [0.25, 0.3) is 20.9 Å². The highest BCUT2D eigenvalue weighted by Gasteiger charge is 2.30. The number of benzene rings is 1. The largest absolute Gasteiger partial charge is 0.508 e. The molecular formula is C22H17ClN4O3S2. The molecule has 2 N–H and O–H groups in total. The Morgan fingerprint density at radius 3 is 2.66 bits per heavy atom. The summed E-state index contributed by atoms with van der Waals surface area (Å²) < 4.78 is 0. The maximum atomic E-state index is 12.4. The van der Waals surface area contributed by atoms with Crippen LogP contribution in [-0.2, 0) is 16.0 Å². The number of fused-ring (bicyclic) bond motifs is 1. The zero-order valence-electron chi connectivity index (χ0n) is 16.7. The Labute approximate surface area is 197 Å². The summed E-state index contributed by atoms with van der Waals surface area (Å²) in [5.74, 6) is 0.317. The highest BCUT2D eigenvalue weighted by molar-refractivity contribution is 7.18. The molecule has 0 spiro atoms. The quantitative estimate of drug-likeness (QED) is 0.396. The van der Waals surface area contributed by atoms with Gasteiger partial charge in [-0.3, -0.25) is 15.0 Å². The first-order chi connectivity index (χ1) is 15.0. The molecular weight excluding hydrogens is 468 g/mol. The van der Waals surface area contributed by atoms with Gasteiger partial charge >= 0.3 is 0 Å².